The van der Waals surface area contributed by atoms with Crippen molar-refractivity contribution >= 4 is 44.4 Å². The number of carbonyl (C=O) groups is 1. The number of carbonyl (C=O) groups excluding carboxylic acids is 1. The molecule has 4 nitrogen and oxygen atoms in total. The molecule has 0 spiro atoms. The van der Waals surface area contributed by atoms with Gasteiger partial charge in [0.15, 0.2) is 5.13 Å². The molecule has 3 rings (SSSR count). The lowest BCUT2D eigenvalue weighted by Gasteiger charge is -2.22. The predicted molar refractivity (Wildman–Crippen MR) is 113 cm³/mol. The Morgan fingerprint density at radius 3 is 2.67 bits per heavy atom. The Balaban J connectivity index is 1.98. The van der Waals surface area contributed by atoms with Crippen LogP contribution < -0.4 is 4.90 Å². The van der Waals surface area contributed by atoms with E-state index >= 15 is 0 Å². The van der Waals surface area contributed by atoms with Gasteiger partial charge in [0.25, 0.3) is 5.91 Å². The number of likely N-dealkylation sites (N-methyl/N-ethyl adjacent to an activating group) is 1. The molecule has 1 amide bonds. The van der Waals surface area contributed by atoms with E-state index in [9.17, 15) is 9.18 Å². The van der Waals surface area contributed by atoms with Crippen LogP contribution in [0.1, 0.15) is 17.3 Å². The van der Waals surface area contributed by atoms with E-state index in [-0.39, 0.29) is 11.7 Å². The van der Waals surface area contributed by atoms with Crippen molar-refractivity contribution in [1.82, 2.24) is 9.88 Å². The van der Waals surface area contributed by atoms with Crippen LogP contribution >= 0.6 is 23.1 Å². The average Bonchev–Trinajstić information content (AvgIpc) is 3.07. The van der Waals surface area contributed by atoms with Crippen LogP contribution in [0.2, 0.25) is 0 Å². The Kier molecular flexibility index (Phi) is 6.46. The van der Waals surface area contributed by atoms with Crippen LogP contribution in [0.3, 0.4) is 0 Å². The van der Waals surface area contributed by atoms with Gasteiger partial charge in [-0.1, -0.05) is 30.4 Å². The minimum absolute atomic E-state index is 0.116. The van der Waals surface area contributed by atoms with Gasteiger partial charge in [-0.3, -0.25) is 9.69 Å². The molecule has 0 saturated heterocycles. The first-order chi connectivity index (χ1) is 13.0. The Hall–Kier alpha value is -1.96. The van der Waals surface area contributed by atoms with Gasteiger partial charge in [-0.2, -0.15) is 0 Å². The van der Waals surface area contributed by atoms with Crippen LogP contribution in [0.5, 0.6) is 0 Å². The van der Waals surface area contributed by atoms with E-state index in [1.807, 2.05) is 49.3 Å². The van der Waals surface area contributed by atoms with Gasteiger partial charge in [0, 0.05) is 23.5 Å². The quantitative estimate of drug-likeness (QED) is 0.533. The molecule has 142 valence electrons. The maximum absolute atomic E-state index is 14.1. The molecule has 0 N–H and O–H groups in total. The number of thioether (sulfide) groups is 1. The number of hydrogen-bond donors (Lipinski definition) is 0. The fraction of sp³-hybridized carbons (Fsp3) is 0.300. The van der Waals surface area contributed by atoms with Crippen LogP contribution in [-0.4, -0.2) is 48.7 Å². The highest BCUT2D eigenvalue weighted by Gasteiger charge is 2.22. The number of fused-ring (bicyclic) bond motifs is 1. The van der Waals surface area contributed by atoms with E-state index in [1.54, 1.807) is 22.7 Å². The van der Waals surface area contributed by atoms with Crippen molar-refractivity contribution in [2.45, 2.75) is 11.8 Å². The highest BCUT2D eigenvalue weighted by Crippen LogP contribution is 2.31. The molecule has 0 bridgehead atoms. The van der Waals surface area contributed by atoms with Crippen molar-refractivity contribution in [2.75, 3.05) is 37.8 Å². The standard InChI is InChI=1S/C20H22FN3OS2/c1-4-26-15-8-5-7-14(13-15)19(25)24(12-11-23(2)3)20-22-18-16(21)9-6-10-17(18)27-20/h5-10,13H,4,11-12H2,1-3H3. The Morgan fingerprint density at radius 2 is 1.96 bits per heavy atom. The number of hydrogen-bond acceptors (Lipinski definition) is 5. The number of anilines is 1. The molecular formula is C20H22FN3OS2. The van der Waals surface area contributed by atoms with Crippen LogP contribution in [0, 0.1) is 5.82 Å². The van der Waals surface area contributed by atoms with Crippen molar-refractivity contribution < 1.29 is 9.18 Å². The molecule has 0 unspecified atom stereocenters. The Bertz CT molecular complexity index is 942. The second kappa shape index (κ2) is 8.82. The number of amides is 1. The van der Waals surface area contributed by atoms with Crippen molar-refractivity contribution in [2.24, 2.45) is 0 Å². The number of para-hydroxylation sites is 1. The van der Waals surface area contributed by atoms with Gasteiger partial charge in [0.05, 0.1) is 4.70 Å². The zero-order valence-corrected chi connectivity index (χ0v) is 17.2. The number of benzene rings is 2. The van der Waals surface area contributed by atoms with E-state index in [1.165, 1.54) is 17.4 Å². The Labute approximate surface area is 167 Å². The van der Waals surface area contributed by atoms with Gasteiger partial charge in [0.2, 0.25) is 0 Å². The number of halogens is 1. The monoisotopic (exact) mass is 403 g/mol. The van der Waals surface area contributed by atoms with E-state index in [4.69, 9.17) is 0 Å². The SMILES string of the molecule is CCSc1cccc(C(=O)N(CCN(C)C)c2nc3c(F)cccc3s2)c1. The van der Waals surface area contributed by atoms with Gasteiger partial charge in [-0.25, -0.2) is 9.37 Å². The molecule has 1 aromatic heterocycles. The molecule has 0 fully saturated rings. The van der Waals surface area contributed by atoms with E-state index < -0.39 is 0 Å². The first-order valence-corrected chi connectivity index (χ1v) is 10.5. The maximum Gasteiger partial charge on any atom is 0.260 e. The minimum Gasteiger partial charge on any atom is -0.308 e. The molecule has 0 atom stereocenters. The van der Waals surface area contributed by atoms with Crippen LogP contribution in [0.4, 0.5) is 9.52 Å². The van der Waals surface area contributed by atoms with Crippen molar-refractivity contribution in [3.8, 4) is 0 Å². The smallest absolute Gasteiger partial charge is 0.260 e. The van der Waals surface area contributed by atoms with E-state index in [0.717, 1.165) is 15.3 Å². The summed E-state index contributed by atoms with van der Waals surface area (Å²) in [6.45, 7) is 3.25. The molecule has 0 saturated carbocycles. The second-order valence-electron chi connectivity index (χ2n) is 6.30. The molecule has 0 aliphatic heterocycles. The van der Waals surface area contributed by atoms with Gasteiger partial charge in [-0.05, 0) is 50.2 Å². The summed E-state index contributed by atoms with van der Waals surface area (Å²) in [6.07, 6.45) is 0. The van der Waals surface area contributed by atoms with Crippen LogP contribution in [0.25, 0.3) is 10.2 Å². The normalized spacial score (nSPS) is 11.3. The lowest BCUT2D eigenvalue weighted by Crippen LogP contribution is -2.36. The third kappa shape index (κ3) is 4.66. The lowest BCUT2D eigenvalue weighted by molar-refractivity contribution is 0.0985. The van der Waals surface area contributed by atoms with E-state index in [0.29, 0.717) is 29.3 Å². The van der Waals surface area contributed by atoms with Gasteiger partial charge < -0.3 is 4.90 Å². The molecule has 2 aromatic carbocycles. The van der Waals surface area contributed by atoms with Crippen molar-refractivity contribution in [1.29, 1.82) is 0 Å². The maximum atomic E-state index is 14.1. The molecule has 0 aliphatic rings. The van der Waals surface area contributed by atoms with Gasteiger partial charge in [0.1, 0.15) is 11.3 Å². The molecule has 0 aliphatic carbocycles. The predicted octanol–water partition coefficient (Wildman–Crippen LogP) is 4.76. The number of rotatable bonds is 7. The molecule has 3 aromatic rings. The van der Waals surface area contributed by atoms with Crippen LogP contribution in [0.15, 0.2) is 47.4 Å². The largest absolute Gasteiger partial charge is 0.308 e. The average molecular weight is 404 g/mol. The van der Waals surface area contributed by atoms with Crippen molar-refractivity contribution in [3.05, 3.63) is 53.8 Å². The summed E-state index contributed by atoms with van der Waals surface area (Å²) < 4.78 is 14.8. The first kappa shape index (κ1) is 19.8. The summed E-state index contributed by atoms with van der Waals surface area (Å²) in [6, 6.07) is 12.5. The first-order valence-electron chi connectivity index (χ1n) is 8.74. The third-order valence-electron chi connectivity index (χ3n) is 4.00. The number of aromatic nitrogens is 1. The van der Waals surface area contributed by atoms with Crippen molar-refractivity contribution in [3.63, 3.8) is 0 Å². The van der Waals surface area contributed by atoms with Gasteiger partial charge in [-0.15, -0.1) is 11.8 Å². The number of thiazole rings is 1. The zero-order valence-electron chi connectivity index (χ0n) is 15.6. The molecule has 1 heterocycles. The highest BCUT2D eigenvalue weighted by molar-refractivity contribution is 7.99. The highest BCUT2D eigenvalue weighted by atomic mass is 32.2. The summed E-state index contributed by atoms with van der Waals surface area (Å²) >= 11 is 3.04. The summed E-state index contributed by atoms with van der Waals surface area (Å²) in [5, 5.41) is 0.524. The molecule has 0 radical (unpaired) electrons. The molecular weight excluding hydrogens is 381 g/mol. The summed E-state index contributed by atoms with van der Waals surface area (Å²) in [4.78, 5) is 22.4. The lowest BCUT2D eigenvalue weighted by atomic mass is 10.2. The molecule has 7 heteroatoms. The van der Waals surface area contributed by atoms with E-state index in [2.05, 4.69) is 11.9 Å². The Morgan fingerprint density at radius 1 is 1.19 bits per heavy atom. The molecule has 27 heavy (non-hydrogen) atoms. The fourth-order valence-electron chi connectivity index (χ4n) is 2.64. The summed E-state index contributed by atoms with van der Waals surface area (Å²) in [5.74, 6) is 0.463. The minimum atomic E-state index is -0.364. The van der Waals surface area contributed by atoms with Crippen LogP contribution in [-0.2, 0) is 0 Å². The topological polar surface area (TPSA) is 36.4 Å². The summed E-state index contributed by atoms with van der Waals surface area (Å²) in [7, 11) is 3.92. The zero-order chi connectivity index (χ0) is 19.4. The van der Waals surface area contributed by atoms with Gasteiger partial charge >= 0.3 is 0 Å². The number of nitrogens with zero attached hydrogens (tertiary/aromatic N) is 3. The third-order valence-corrected chi connectivity index (χ3v) is 5.92. The summed E-state index contributed by atoms with van der Waals surface area (Å²) in [5.41, 5.74) is 0.933. The second-order valence-corrected chi connectivity index (χ2v) is 8.65. The fourth-order valence-corrected chi connectivity index (χ4v) is 4.37.